The van der Waals surface area contributed by atoms with E-state index in [1.165, 1.54) is 25.5 Å². The summed E-state index contributed by atoms with van der Waals surface area (Å²) in [6.45, 7) is 12.4. The average Bonchev–Trinajstić information content (AvgIpc) is 3.13. The van der Waals surface area contributed by atoms with Crippen LogP contribution < -0.4 is 5.32 Å². The van der Waals surface area contributed by atoms with Gasteiger partial charge < -0.3 is 14.6 Å². The van der Waals surface area contributed by atoms with Crippen molar-refractivity contribution in [1.82, 2.24) is 15.2 Å². The first kappa shape index (κ1) is 25.2. The fraction of sp³-hybridized carbons (Fsp3) is 0.783. The summed E-state index contributed by atoms with van der Waals surface area (Å²) >= 11 is 0. The van der Waals surface area contributed by atoms with Crippen molar-refractivity contribution in [3.63, 3.8) is 0 Å². The molecule has 0 atom stereocenters. The van der Waals surface area contributed by atoms with E-state index in [1.54, 1.807) is 0 Å². The molecule has 0 aliphatic rings. The van der Waals surface area contributed by atoms with Gasteiger partial charge in [-0.15, -0.1) is 0 Å². The molecule has 1 rings (SSSR count). The van der Waals surface area contributed by atoms with Gasteiger partial charge in [-0.3, -0.25) is 9.59 Å². The largest absolute Gasteiger partial charge is 0.446 e. The fourth-order valence-corrected chi connectivity index (χ4v) is 2.96. The Morgan fingerprint density at radius 2 is 1.76 bits per heavy atom. The summed E-state index contributed by atoms with van der Waals surface area (Å²) in [4.78, 5) is 31.0. The van der Waals surface area contributed by atoms with Crippen LogP contribution in [0, 0.1) is 11.8 Å². The van der Waals surface area contributed by atoms with Crippen LogP contribution in [0.15, 0.2) is 10.7 Å². The second-order valence-electron chi connectivity index (χ2n) is 8.73. The number of aromatic nitrogens is 1. The molecular weight excluding hydrogens is 366 g/mol. The number of nitrogens with one attached hydrogen (secondary N) is 1. The molecule has 0 bridgehead atoms. The summed E-state index contributed by atoms with van der Waals surface area (Å²) in [6, 6.07) is 0. The zero-order valence-electron chi connectivity index (χ0n) is 19.1. The lowest BCUT2D eigenvalue weighted by molar-refractivity contribution is -0.132. The molecule has 2 amide bonds. The summed E-state index contributed by atoms with van der Waals surface area (Å²) in [5.74, 6) is 1.38. The Hall–Kier alpha value is -1.85. The van der Waals surface area contributed by atoms with Gasteiger partial charge in [0, 0.05) is 19.5 Å². The van der Waals surface area contributed by atoms with E-state index in [4.69, 9.17) is 4.42 Å². The molecule has 0 fully saturated rings. The molecule has 6 nitrogen and oxygen atoms in total. The molecular formula is C23H41N3O3. The fourth-order valence-electron chi connectivity index (χ4n) is 2.96. The lowest BCUT2D eigenvalue weighted by Crippen LogP contribution is -2.32. The quantitative estimate of drug-likeness (QED) is 0.406. The van der Waals surface area contributed by atoms with Crippen LogP contribution in [0.2, 0.25) is 0 Å². The molecule has 1 aromatic rings. The van der Waals surface area contributed by atoms with Gasteiger partial charge in [-0.25, -0.2) is 4.98 Å². The first-order chi connectivity index (χ1) is 13.8. The van der Waals surface area contributed by atoms with Crippen LogP contribution in [0.5, 0.6) is 0 Å². The second kappa shape index (κ2) is 14.2. The summed E-state index contributed by atoms with van der Waals surface area (Å²) in [5, 5.41) is 2.86. The van der Waals surface area contributed by atoms with Gasteiger partial charge in [0.05, 0.1) is 6.54 Å². The van der Waals surface area contributed by atoms with Gasteiger partial charge >= 0.3 is 0 Å². The van der Waals surface area contributed by atoms with E-state index in [0.717, 1.165) is 25.7 Å². The third-order valence-electron chi connectivity index (χ3n) is 4.94. The van der Waals surface area contributed by atoms with E-state index in [0.29, 0.717) is 43.8 Å². The van der Waals surface area contributed by atoms with Crippen LogP contribution in [-0.2, 0) is 11.3 Å². The van der Waals surface area contributed by atoms with E-state index in [9.17, 15) is 9.59 Å². The Labute approximate surface area is 176 Å². The lowest BCUT2D eigenvalue weighted by atomic mass is 10.1. The minimum atomic E-state index is -0.225. The number of unbranched alkanes of at least 4 members (excludes halogenated alkanes) is 4. The molecule has 0 aliphatic heterocycles. The molecule has 6 heteroatoms. The van der Waals surface area contributed by atoms with Gasteiger partial charge in [-0.1, -0.05) is 60.3 Å². The van der Waals surface area contributed by atoms with Gasteiger partial charge in [0.1, 0.15) is 6.26 Å². The van der Waals surface area contributed by atoms with Crippen molar-refractivity contribution in [2.75, 3.05) is 13.1 Å². The van der Waals surface area contributed by atoms with Crippen LogP contribution in [0.4, 0.5) is 0 Å². The maximum Gasteiger partial charge on any atom is 0.273 e. The third-order valence-corrected chi connectivity index (χ3v) is 4.94. The topological polar surface area (TPSA) is 75.4 Å². The van der Waals surface area contributed by atoms with Crippen LogP contribution >= 0.6 is 0 Å². The van der Waals surface area contributed by atoms with E-state index >= 15 is 0 Å². The maximum atomic E-state index is 12.7. The Morgan fingerprint density at radius 3 is 2.41 bits per heavy atom. The smallest absolute Gasteiger partial charge is 0.273 e. The average molecular weight is 408 g/mol. The number of hydrogen-bond acceptors (Lipinski definition) is 4. The Morgan fingerprint density at radius 1 is 1.07 bits per heavy atom. The molecule has 1 heterocycles. The molecule has 0 radical (unpaired) electrons. The minimum Gasteiger partial charge on any atom is -0.446 e. The highest BCUT2D eigenvalue weighted by molar-refractivity contribution is 5.91. The SMILES string of the molecule is CCCCCCCC(=O)N(CCC(C)C)Cc1nc(C(=O)NCCC(C)C)co1. The van der Waals surface area contributed by atoms with Crippen molar-refractivity contribution in [2.24, 2.45) is 11.8 Å². The van der Waals surface area contributed by atoms with Crippen molar-refractivity contribution in [3.05, 3.63) is 17.8 Å². The molecule has 29 heavy (non-hydrogen) atoms. The molecule has 0 spiro atoms. The molecule has 0 aromatic carbocycles. The number of oxazole rings is 1. The number of carbonyl (C=O) groups is 2. The Balaban J connectivity index is 2.60. The predicted octanol–water partition coefficient (Wildman–Crippen LogP) is 5.19. The summed E-state index contributed by atoms with van der Waals surface area (Å²) in [7, 11) is 0. The number of hydrogen-bond donors (Lipinski definition) is 1. The number of carbonyl (C=O) groups excluding carboxylic acids is 2. The van der Waals surface area contributed by atoms with E-state index < -0.39 is 0 Å². The molecule has 0 aliphatic carbocycles. The number of nitrogens with zero attached hydrogens (tertiary/aromatic N) is 2. The molecule has 0 saturated heterocycles. The van der Waals surface area contributed by atoms with Crippen molar-refractivity contribution >= 4 is 11.8 Å². The third kappa shape index (κ3) is 11.1. The highest BCUT2D eigenvalue weighted by Gasteiger charge is 2.18. The van der Waals surface area contributed by atoms with Gasteiger partial charge in [-0.2, -0.15) is 0 Å². The van der Waals surface area contributed by atoms with Crippen molar-refractivity contribution in [3.8, 4) is 0 Å². The normalized spacial score (nSPS) is 11.3. The highest BCUT2D eigenvalue weighted by atomic mass is 16.3. The summed E-state index contributed by atoms with van der Waals surface area (Å²) < 4.78 is 5.49. The van der Waals surface area contributed by atoms with Gasteiger partial charge in [0.2, 0.25) is 11.8 Å². The Bertz CT molecular complexity index is 596. The van der Waals surface area contributed by atoms with E-state index in [1.807, 2.05) is 4.90 Å². The van der Waals surface area contributed by atoms with Crippen LogP contribution in [0.25, 0.3) is 0 Å². The number of rotatable bonds is 15. The first-order valence-corrected chi connectivity index (χ1v) is 11.3. The van der Waals surface area contributed by atoms with Crippen molar-refractivity contribution < 1.29 is 14.0 Å². The monoisotopic (exact) mass is 407 g/mol. The highest BCUT2D eigenvalue weighted by Crippen LogP contribution is 2.13. The maximum absolute atomic E-state index is 12.7. The summed E-state index contributed by atoms with van der Waals surface area (Å²) in [6.07, 6.45) is 9.43. The number of amides is 2. The second-order valence-corrected chi connectivity index (χ2v) is 8.73. The first-order valence-electron chi connectivity index (χ1n) is 11.3. The van der Waals surface area contributed by atoms with Crippen molar-refractivity contribution in [1.29, 1.82) is 0 Å². The van der Waals surface area contributed by atoms with E-state index in [2.05, 4.69) is 44.9 Å². The molecule has 1 aromatic heterocycles. The molecule has 0 saturated carbocycles. The molecule has 166 valence electrons. The standard InChI is InChI=1S/C23H41N3O3/c1-6-7-8-9-10-11-22(27)26(15-13-19(4)5)16-21-25-20(17-29-21)23(28)24-14-12-18(2)3/h17-19H,6-16H2,1-5H3,(H,24,28). The van der Waals surface area contributed by atoms with Crippen LogP contribution in [0.1, 0.15) is 102 Å². The van der Waals surface area contributed by atoms with Gasteiger partial charge in [0.15, 0.2) is 5.69 Å². The van der Waals surface area contributed by atoms with Crippen LogP contribution in [-0.4, -0.2) is 34.8 Å². The van der Waals surface area contributed by atoms with E-state index in [-0.39, 0.29) is 17.5 Å². The van der Waals surface area contributed by atoms with Gasteiger partial charge in [0.25, 0.3) is 5.91 Å². The van der Waals surface area contributed by atoms with Crippen molar-refractivity contribution in [2.45, 2.75) is 92.5 Å². The predicted molar refractivity (Wildman–Crippen MR) is 117 cm³/mol. The lowest BCUT2D eigenvalue weighted by Gasteiger charge is -2.22. The summed E-state index contributed by atoms with van der Waals surface area (Å²) in [5.41, 5.74) is 0.277. The molecule has 1 N–H and O–H groups in total. The Kier molecular flexibility index (Phi) is 12.3. The zero-order chi connectivity index (χ0) is 21.6. The van der Waals surface area contributed by atoms with Gasteiger partial charge in [-0.05, 0) is 31.1 Å². The molecule has 0 unspecified atom stereocenters. The zero-order valence-corrected chi connectivity index (χ0v) is 19.1. The van der Waals surface area contributed by atoms with Crippen LogP contribution in [0.3, 0.4) is 0 Å². The minimum absolute atomic E-state index is 0.142.